The van der Waals surface area contributed by atoms with Gasteiger partial charge in [0.25, 0.3) is 0 Å². The lowest BCUT2D eigenvalue weighted by atomic mass is 9.99. The number of aliphatic carboxylic acids is 1. The van der Waals surface area contributed by atoms with Gasteiger partial charge in [0.1, 0.15) is 11.6 Å². The van der Waals surface area contributed by atoms with Gasteiger partial charge in [-0.15, -0.1) is 0 Å². The Kier molecular flexibility index (Phi) is 4.79. The SMILES string of the molecule is O=C(O)C(CNC(=O)C1CC1c1cc(F)ccc1F)c1ccccc1. The van der Waals surface area contributed by atoms with Crippen molar-refractivity contribution in [3.8, 4) is 0 Å². The highest BCUT2D eigenvalue weighted by Crippen LogP contribution is 2.48. The van der Waals surface area contributed by atoms with Gasteiger partial charge < -0.3 is 10.4 Å². The van der Waals surface area contributed by atoms with Crippen LogP contribution < -0.4 is 5.32 Å². The van der Waals surface area contributed by atoms with Crippen molar-refractivity contribution < 1.29 is 23.5 Å². The van der Waals surface area contributed by atoms with Crippen LogP contribution in [0.4, 0.5) is 8.78 Å². The summed E-state index contributed by atoms with van der Waals surface area (Å²) in [4.78, 5) is 23.6. The Morgan fingerprint density at radius 1 is 1.16 bits per heavy atom. The van der Waals surface area contributed by atoms with Crippen LogP contribution in [-0.2, 0) is 9.59 Å². The minimum absolute atomic E-state index is 0.0486. The third kappa shape index (κ3) is 3.84. The highest BCUT2D eigenvalue weighted by atomic mass is 19.1. The zero-order chi connectivity index (χ0) is 18.0. The number of nitrogens with one attached hydrogen (secondary N) is 1. The number of rotatable bonds is 6. The molecule has 0 spiro atoms. The topological polar surface area (TPSA) is 66.4 Å². The van der Waals surface area contributed by atoms with Crippen molar-refractivity contribution >= 4 is 11.9 Å². The van der Waals surface area contributed by atoms with Crippen molar-refractivity contribution in [1.29, 1.82) is 0 Å². The predicted molar refractivity (Wildman–Crippen MR) is 87.0 cm³/mol. The number of hydrogen-bond acceptors (Lipinski definition) is 2. The van der Waals surface area contributed by atoms with Crippen molar-refractivity contribution in [3.63, 3.8) is 0 Å². The second-order valence-electron chi connectivity index (χ2n) is 6.16. The summed E-state index contributed by atoms with van der Waals surface area (Å²) in [5.41, 5.74) is 0.789. The molecule has 1 saturated carbocycles. The summed E-state index contributed by atoms with van der Waals surface area (Å²) < 4.78 is 27.0. The molecule has 1 amide bonds. The molecule has 3 rings (SSSR count). The number of halogens is 2. The largest absolute Gasteiger partial charge is 0.481 e. The molecule has 130 valence electrons. The van der Waals surface area contributed by atoms with Crippen molar-refractivity contribution in [3.05, 3.63) is 71.3 Å². The molecule has 6 heteroatoms. The number of carboxylic acid groups (broad SMARTS) is 1. The average molecular weight is 345 g/mol. The Morgan fingerprint density at radius 2 is 1.88 bits per heavy atom. The zero-order valence-corrected chi connectivity index (χ0v) is 13.3. The van der Waals surface area contributed by atoms with E-state index in [0.29, 0.717) is 12.0 Å². The summed E-state index contributed by atoms with van der Waals surface area (Å²) in [5.74, 6) is -4.12. The summed E-state index contributed by atoms with van der Waals surface area (Å²) in [7, 11) is 0. The normalized spacial score (nSPS) is 19.9. The molecule has 3 unspecified atom stereocenters. The van der Waals surface area contributed by atoms with Crippen LogP contribution in [-0.4, -0.2) is 23.5 Å². The van der Waals surface area contributed by atoms with E-state index < -0.39 is 29.4 Å². The molecule has 25 heavy (non-hydrogen) atoms. The summed E-state index contributed by atoms with van der Waals surface area (Å²) in [6.07, 6.45) is 0.426. The van der Waals surface area contributed by atoms with Gasteiger partial charge in [-0.1, -0.05) is 30.3 Å². The van der Waals surface area contributed by atoms with E-state index in [1.807, 2.05) is 0 Å². The van der Waals surface area contributed by atoms with Crippen molar-refractivity contribution in [2.45, 2.75) is 18.3 Å². The third-order valence-electron chi connectivity index (χ3n) is 4.47. The molecule has 0 aliphatic heterocycles. The molecular formula is C19H17F2NO3. The smallest absolute Gasteiger partial charge is 0.312 e. The first-order valence-corrected chi connectivity index (χ1v) is 7.97. The maximum atomic E-state index is 13.8. The summed E-state index contributed by atoms with van der Waals surface area (Å²) in [5, 5.41) is 12.0. The minimum atomic E-state index is -1.03. The molecule has 0 bridgehead atoms. The van der Waals surface area contributed by atoms with E-state index in [1.165, 1.54) is 0 Å². The van der Waals surface area contributed by atoms with E-state index in [9.17, 15) is 23.5 Å². The number of amides is 1. The molecule has 3 atom stereocenters. The Hall–Kier alpha value is -2.76. The van der Waals surface area contributed by atoms with Crippen LogP contribution in [0.3, 0.4) is 0 Å². The fraction of sp³-hybridized carbons (Fsp3) is 0.263. The summed E-state index contributed by atoms with van der Waals surface area (Å²) >= 11 is 0. The van der Waals surface area contributed by atoms with Gasteiger partial charge in [-0.25, -0.2) is 8.78 Å². The highest BCUT2D eigenvalue weighted by Gasteiger charge is 2.45. The first-order valence-electron chi connectivity index (χ1n) is 7.97. The van der Waals surface area contributed by atoms with Gasteiger partial charge in [0.2, 0.25) is 5.91 Å². The van der Waals surface area contributed by atoms with E-state index in [0.717, 1.165) is 18.2 Å². The molecule has 0 aromatic heterocycles. The first kappa shape index (κ1) is 17.1. The molecule has 1 aliphatic carbocycles. The fourth-order valence-electron chi connectivity index (χ4n) is 2.99. The average Bonchev–Trinajstić information content (AvgIpc) is 3.38. The number of carbonyl (C=O) groups excluding carboxylic acids is 1. The maximum absolute atomic E-state index is 13.8. The van der Waals surface area contributed by atoms with Crippen LogP contribution in [0.15, 0.2) is 48.5 Å². The fourth-order valence-corrected chi connectivity index (χ4v) is 2.99. The van der Waals surface area contributed by atoms with E-state index in [-0.39, 0.29) is 23.9 Å². The van der Waals surface area contributed by atoms with E-state index >= 15 is 0 Å². The lowest BCUT2D eigenvalue weighted by Gasteiger charge is -2.14. The predicted octanol–water partition coefficient (Wildman–Crippen LogP) is 3.05. The van der Waals surface area contributed by atoms with Crippen LogP contribution >= 0.6 is 0 Å². The third-order valence-corrected chi connectivity index (χ3v) is 4.47. The standard InChI is InChI=1S/C19H17F2NO3/c20-12-6-7-17(21)14(8-12)13-9-15(13)18(23)22-10-16(19(24)25)11-4-2-1-3-5-11/h1-8,13,15-16H,9-10H2,(H,22,23)(H,24,25). The quantitative estimate of drug-likeness (QED) is 0.846. The van der Waals surface area contributed by atoms with Gasteiger partial charge in [-0.3, -0.25) is 9.59 Å². The molecule has 1 fully saturated rings. The number of hydrogen-bond donors (Lipinski definition) is 2. The Balaban J connectivity index is 1.62. The van der Waals surface area contributed by atoms with Crippen LogP contribution in [0.2, 0.25) is 0 Å². The van der Waals surface area contributed by atoms with Crippen LogP contribution in [0, 0.1) is 17.6 Å². The zero-order valence-electron chi connectivity index (χ0n) is 13.3. The van der Waals surface area contributed by atoms with Crippen molar-refractivity contribution in [2.24, 2.45) is 5.92 Å². The molecule has 4 nitrogen and oxygen atoms in total. The van der Waals surface area contributed by atoms with E-state index in [2.05, 4.69) is 5.32 Å². The van der Waals surface area contributed by atoms with Crippen LogP contribution in [0.5, 0.6) is 0 Å². The highest BCUT2D eigenvalue weighted by molar-refractivity contribution is 5.84. The molecule has 0 radical (unpaired) electrons. The second kappa shape index (κ2) is 7.01. The lowest BCUT2D eigenvalue weighted by Crippen LogP contribution is -2.33. The van der Waals surface area contributed by atoms with Crippen molar-refractivity contribution in [1.82, 2.24) is 5.32 Å². The monoisotopic (exact) mass is 345 g/mol. The van der Waals surface area contributed by atoms with Crippen LogP contribution in [0.25, 0.3) is 0 Å². The molecule has 0 saturated heterocycles. The molecular weight excluding hydrogens is 328 g/mol. The molecule has 2 N–H and O–H groups in total. The van der Waals surface area contributed by atoms with Gasteiger partial charge in [-0.05, 0) is 41.7 Å². The summed E-state index contributed by atoms with van der Waals surface area (Å²) in [6, 6.07) is 11.8. The molecule has 2 aromatic carbocycles. The number of benzene rings is 2. The van der Waals surface area contributed by atoms with Gasteiger partial charge >= 0.3 is 5.97 Å². The first-order chi connectivity index (χ1) is 12.0. The maximum Gasteiger partial charge on any atom is 0.312 e. The molecule has 0 heterocycles. The summed E-state index contributed by atoms with van der Waals surface area (Å²) in [6.45, 7) is -0.0486. The Morgan fingerprint density at radius 3 is 2.56 bits per heavy atom. The van der Waals surface area contributed by atoms with Gasteiger partial charge in [-0.2, -0.15) is 0 Å². The second-order valence-corrected chi connectivity index (χ2v) is 6.16. The van der Waals surface area contributed by atoms with Gasteiger partial charge in [0.05, 0.1) is 5.92 Å². The van der Waals surface area contributed by atoms with E-state index in [1.54, 1.807) is 30.3 Å². The molecule has 2 aromatic rings. The van der Waals surface area contributed by atoms with Gasteiger partial charge in [0, 0.05) is 12.5 Å². The van der Waals surface area contributed by atoms with Crippen molar-refractivity contribution in [2.75, 3.05) is 6.54 Å². The van der Waals surface area contributed by atoms with Crippen LogP contribution in [0.1, 0.15) is 29.4 Å². The molecule has 1 aliphatic rings. The Bertz CT molecular complexity index is 795. The Labute approximate surface area is 143 Å². The van der Waals surface area contributed by atoms with E-state index in [4.69, 9.17) is 0 Å². The lowest BCUT2D eigenvalue weighted by molar-refractivity contribution is -0.138. The number of carbonyl (C=O) groups is 2. The van der Waals surface area contributed by atoms with Gasteiger partial charge in [0.15, 0.2) is 0 Å². The minimum Gasteiger partial charge on any atom is -0.481 e. The number of carboxylic acids is 1.